The van der Waals surface area contributed by atoms with Crippen molar-refractivity contribution in [3.05, 3.63) is 0 Å². The van der Waals surface area contributed by atoms with Gasteiger partial charge in [-0.3, -0.25) is 4.99 Å². The highest BCUT2D eigenvalue weighted by Gasteiger charge is 2.50. The maximum atomic E-state index is 5.83. The lowest BCUT2D eigenvalue weighted by molar-refractivity contribution is 0.183. The number of hydrogen-bond donors (Lipinski definition) is 1. The number of nitrogens with zero attached hydrogens (tertiary/aromatic N) is 2. The molecule has 1 atom stereocenters. The second-order valence-electron chi connectivity index (χ2n) is 4.36. The molecule has 1 heterocycles. The molecule has 0 aromatic carbocycles. The van der Waals surface area contributed by atoms with Crippen molar-refractivity contribution in [2.24, 2.45) is 16.6 Å². The predicted octanol–water partition coefficient (Wildman–Crippen LogP) is 1.20. The average molecular weight is 181 g/mol. The molecule has 2 rings (SSSR count). The van der Waals surface area contributed by atoms with Crippen LogP contribution in [0.2, 0.25) is 0 Å². The van der Waals surface area contributed by atoms with E-state index in [1.54, 1.807) is 0 Å². The smallest absolute Gasteiger partial charge is 0.191 e. The van der Waals surface area contributed by atoms with Crippen LogP contribution in [0.1, 0.15) is 32.6 Å². The number of rotatable bonds is 3. The first-order valence-electron chi connectivity index (χ1n) is 5.24. The molecule has 1 aliphatic heterocycles. The molecular weight excluding hydrogens is 162 g/mol. The fraction of sp³-hybridized carbons (Fsp3) is 0.900. The van der Waals surface area contributed by atoms with Crippen molar-refractivity contribution in [3.8, 4) is 0 Å². The molecule has 13 heavy (non-hydrogen) atoms. The van der Waals surface area contributed by atoms with E-state index in [9.17, 15) is 0 Å². The van der Waals surface area contributed by atoms with E-state index < -0.39 is 0 Å². The molecule has 0 spiro atoms. The first-order valence-corrected chi connectivity index (χ1v) is 5.24. The number of hydrogen-bond acceptors (Lipinski definition) is 3. The first-order chi connectivity index (χ1) is 6.20. The molecule has 0 saturated heterocycles. The maximum absolute atomic E-state index is 5.83. The summed E-state index contributed by atoms with van der Waals surface area (Å²) < 4.78 is 0. The molecule has 2 aliphatic rings. The van der Waals surface area contributed by atoms with E-state index in [1.165, 1.54) is 25.7 Å². The zero-order chi connectivity index (χ0) is 9.47. The van der Waals surface area contributed by atoms with Crippen molar-refractivity contribution >= 4 is 5.96 Å². The average Bonchev–Trinajstić information content (AvgIpc) is 2.90. The van der Waals surface area contributed by atoms with Gasteiger partial charge in [0.2, 0.25) is 0 Å². The Labute approximate surface area is 80.0 Å². The first kappa shape index (κ1) is 8.85. The van der Waals surface area contributed by atoms with Gasteiger partial charge in [-0.2, -0.15) is 0 Å². The standard InChI is InChI=1S/C10H19N3/c1-3-6-10(8-4-5-8)7-12-9(11)13(10)2/h8H,3-7H2,1-2H3,(H2,11,12). The number of likely N-dealkylation sites (N-methyl/N-ethyl adjacent to an activating group) is 1. The minimum atomic E-state index is 0.291. The zero-order valence-electron chi connectivity index (χ0n) is 8.58. The number of aliphatic imine (C=N–C) groups is 1. The molecule has 3 nitrogen and oxygen atoms in total. The molecule has 1 fully saturated rings. The van der Waals surface area contributed by atoms with Crippen molar-refractivity contribution in [1.82, 2.24) is 4.90 Å². The second-order valence-corrected chi connectivity index (χ2v) is 4.36. The van der Waals surface area contributed by atoms with Gasteiger partial charge in [-0.15, -0.1) is 0 Å². The van der Waals surface area contributed by atoms with Gasteiger partial charge in [0.15, 0.2) is 5.96 Å². The van der Waals surface area contributed by atoms with Gasteiger partial charge in [0.05, 0.1) is 12.1 Å². The molecule has 1 saturated carbocycles. The third-order valence-corrected chi connectivity index (χ3v) is 3.55. The van der Waals surface area contributed by atoms with Crippen molar-refractivity contribution in [3.63, 3.8) is 0 Å². The third-order valence-electron chi connectivity index (χ3n) is 3.55. The summed E-state index contributed by atoms with van der Waals surface area (Å²) in [5, 5.41) is 0. The van der Waals surface area contributed by atoms with Crippen molar-refractivity contribution < 1.29 is 0 Å². The molecule has 0 bridgehead atoms. The zero-order valence-corrected chi connectivity index (χ0v) is 8.58. The third kappa shape index (κ3) is 1.21. The molecule has 0 aromatic rings. The van der Waals surface area contributed by atoms with Crippen molar-refractivity contribution in [1.29, 1.82) is 0 Å². The largest absolute Gasteiger partial charge is 0.370 e. The van der Waals surface area contributed by atoms with Gasteiger partial charge in [-0.05, 0) is 25.2 Å². The highest BCUT2D eigenvalue weighted by atomic mass is 15.3. The monoisotopic (exact) mass is 181 g/mol. The molecule has 1 unspecified atom stereocenters. The van der Waals surface area contributed by atoms with Crippen LogP contribution < -0.4 is 5.73 Å². The number of guanidine groups is 1. The van der Waals surface area contributed by atoms with E-state index >= 15 is 0 Å². The van der Waals surface area contributed by atoms with E-state index in [4.69, 9.17) is 5.73 Å². The Hall–Kier alpha value is -0.730. The summed E-state index contributed by atoms with van der Waals surface area (Å²) >= 11 is 0. The Morgan fingerprint density at radius 1 is 1.62 bits per heavy atom. The van der Waals surface area contributed by atoms with Crippen LogP contribution in [0.3, 0.4) is 0 Å². The summed E-state index contributed by atoms with van der Waals surface area (Å²) in [5.74, 6) is 1.59. The molecule has 0 amide bonds. The number of nitrogens with two attached hydrogens (primary N) is 1. The van der Waals surface area contributed by atoms with Crippen LogP contribution >= 0.6 is 0 Å². The Morgan fingerprint density at radius 3 is 2.69 bits per heavy atom. The van der Waals surface area contributed by atoms with Gasteiger partial charge in [0.1, 0.15) is 0 Å². The van der Waals surface area contributed by atoms with E-state index in [0.29, 0.717) is 5.54 Å². The lowest BCUT2D eigenvalue weighted by atomic mass is 9.87. The highest BCUT2D eigenvalue weighted by molar-refractivity contribution is 5.80. The summed E-state index contributed by atoms with van der Waals surface area (Å²) in [6.07, 6.45) is 5.20. The maximum Gasteiger partial charge on any atom is 0.191 e. The van der Waals surface area contributed by atoms with Gasteiger partial charge in [0, 0.05) is 7.05 Å². The lowest BCUT2D eigenvalue weighted by Gasteiger charge is -2.37. The summed E-state index contributed by atoms with van der Waals surface area (Å²) in [6, 6.07) is 0. The van der Waals surface area contributed by atoms with E-state index in [1.807, 2.05) is 0 Å². The van der Waals surface area contributed by atoms with E-state index in [-0.39, 0.29) is 0 Å². The predicted molar refractivity (Wildman–Crippen MR) is 54.6 cm³/mol. The van der Waals surface area contributed by atoms with Crippen molar-refractivity contribution in [2.75, 3.05) is 13.6 Å². The SMILES string of the molecule is CCCC1(C2CC2)CN=C(N)N1C. The van der Waals surface area contributed by atoms with Crippen LogP contribution in [-0.4, -0.2) is 30.0 Å². The minimum absolute atomic E-state index is 0.291. The molecule has 2 N–H and O–H groups in total. The van der Waals surface area contributed by atoms with Crippen LogP contribution in [-0.2, 0) is 0 Å². The van der Waals surface area contributed by atoms with Crippen LogP contribution in [0, 0.1) is 5.92 Å². The molecular formula is C10H19N3. The summed E-state index contributed by atoms with van der Waals surface area (Å²) in [4.78, 5) is 6.59. The fourth-order valence-electron chi connectivity index (χ4n) is 2.57. The molecule has 3 heteroatoms. The van der Waals surface area contributed by atoms with E-state index in [0.717, 1.165) is 18.4 Å². The highest BCUT2D eigenvalue weighted by Crippen LogP contribution is 2.47. The normalized spacial score (nSPS) is 33.7. The minimum Gasteiger partial charge on any atom is -0.370 e. The quantitative estimate of drug-likeness (QED) is 0.710. The Balaban J connectivity index is 2.15. The molecule has 1 aliphatic carbocycles. The summed E-state index contributed by atoms with van der Waals surface area (Å²) in [6.45, 7) is 3.17. The Morgan fingerprint density at radius 2 is 2.31 bits per heavy atom. The topological polar surface area (TPSA) is 41.6 Å². The summed E-state index contributed by atoms with van der Waals surface area (Å²) in [7, 11) is 2.10. The van der Waals surface area contributed by atoms with Crippen LogP contribution in [0.15, 0.2) is 4.99 Å². The van der Waals surface area contributed by atoms with Gasteiger partial charge in [0.25, 0.3) is 0 Å². The molecule has 0 radical (unpaired) electrons. The van der Waals surface area contributed by atoms with Gasteiger partial charge >= 0.3 is 0 Å². The molecule has 0 aromatic heterocycles. The van der Waals surface area contributed by atoms with E-state index in [2.05, 4.69) is 23.9 Å². The lowest BCUT2D eigenvalue weighted by Crippen LogP contribution is -2.50. The van der Waals surface area contributed by atoms with Crippen LogP contribution in [0.5, 0.6) is 0 Å². The summed E-state index contributed by atoms with van der Waals surface area (Å²) in [5.41, 5.74) is 6.12. The van der Waals surface area contributed by atoms with Crippen LogP contribution in [0.25, 0.3) is 0 Å². The second kappa shape index (κ2) is 2.89. The van der Waals surface area contributed by atoms with Gasteiger partial charge in [-0.1, -0.05) is 13.3 Å². The molecule has 74 valence electrons. The Kier molecular flexibility index (Phi) is 1.97. The van der Waals surface area contributed by atoms with Crippen molar-refractivity contribution in [2.45, 2.75) is 38.1 Å². The van der Waals surface area contributed by atoms with Gasteiger partial charge < -0.3 is 10.6 Å². The van der Waals surface area contributed by atoms with Gasteiger partial charge in [-0.25, -0.2) is 0 Å². The Bertz CT molecular complexity index is 232. The van der Waals surface area contributed by atoms with Crippen LogP contribution in [0.4, 0.5) is 0 Å². The fourth-order valence-corrected chi connectivity index (χ4v) is 2.57.